The lowest BCUT2D eigenvalue weighted by Crippen LogP contribution is -2.50. The van der Waals surface area contributed by atoms with Crippen molar-refractivity contribution in [3.63, 3.8) is 0 Å². The molecule has 2 fully saturated rings. The Morgan fingerprint density at radius 1 is 1.33 bits per heavy atom. The van der Waals surface area contributed by atoms with Crippen LogP contribution in [-0.2, 0) is 6.54 Å². The first-order valence-electron chi connectivity index (χ1n) is 8.61. The highest BCUT2D eigenvalue weighted by Gasteiger charge is 2.38. The number of rotatable bonds is 3. The summed E-state index contributed by atoms with van der Waals surface area (Å²) < 4.78 is 0. The monoisotopic (exact) mass is 326 g/mol. The largest absolute Gasteiger partial charge is 0.506 e. The normalized spacial score (nSPS) is 24.2. The summed E-state index contributed by atoms with van der Waals surface area (Å²) >= 11 is 0. The summed E-state index contributed by atoms with van der Waals surface area (Å²) in [6.07, 6.45) is 3.52. The van der Waals surface area contributed by atoms with Gasteiger partial charge in [0, 0.05) is 31.7 Å². The number of hydrogen-bond acceptors (Lipinski definition) is 4. The minimum Gasteiger partial charge on any atom is -0.506 e. The summed E-state index contributed by atoms with van der Waals surface area (Å²) in [4.78, 5) is 18.6. The average Bonchev–Trinajstić information content (AvgIpc) is 3.35. The molecule has 6 heteroatoms. The Hall–Kier alpha value is -2.26. The van der Waals surface area contributed by atoms with Crippen LogP contribution < -0.4 is 4.90 Å². The molecule has 1 N–H and O–H groups in total. The van der Waals surface area contributed by atoms with E-state index in [-0.39, 0.29) is 17.8 Å². The summed E-state index contributed by atoms with van der Waals surface area (Å²) in [5, 5.41) is 19.6. The van der Waals surface area contributed by atoms with E-state index in [9.17, 15) is 9.90 Å². The van der Waals surface area contributed by atoms with Gasteiger partial charge in [-0.05, 0) is 49.6 Å². The van der Waals surface area contributed by atoms with Crippen molar-refractivity contribution in [2.24, 2.45) is 0 Å². The summed E-state index contributed by atoms with van der Waals surface area (Å²) in [6, 6.07) is 6.33. The molecule has 0 spiro atoms. The van der Waals surface area contributed by atoms with Crippen molar-refractivity contribution < 1.29 is 9.90 Å². The van der Waals surface area contributed by atoms with Gasteiger partial charge in [-0.1, -0.05) is 0 Å². The van der Waals surface area contributed by atoms with Crippen LogP contribution in [-0.4, -0.2) is 47.1 Å². The number of nitrogens with zero attached hydrogens (tertiary/aromatic N) is 4. The fraction of sp³-hybridized carbons (Fsp3) is 0.556. The molecular formula is C18H22N4O2. The molecular weight excluding hydrogens is 304 g/mol. The van der Waals surface area contributed by atoms with E-state index in [1.807, 2.05) is 18.0 Å². The van der Waals surface area contributed by atoms with Gasteiger partial charge >= 0.3 is 6.03 Å². The summed E-state index contributed by atoms with van der Waals surface area (Å²) in [5.74, 6) is 0.137. The van der Waals surface area contributed by atoms with Crippen LogP contribution >= 0.6 is 0 Å². The van der Waals surface area contributed by atoms with Crippen LogP contribution in [0.2, 0.25) is 0 Å². The third-order valence-electron chi connectivity index (χ3n) is 5.37. The maximum absolute atomic E-state index is 12.8. The number of phenols is 1. The van der Waals surface area contributed by atoms with Gasteiger partial charge in [0.15, 0.2) is 0 Å². The van der Waals surface area contributed by atoms with Gasteiger partial charge in [0.1, 0.15) is 5.75 Å². The molecule has 2 aliphatic heterocycles. The van der Waals surface area contributed by atoms with Crippen LogP contribution in [0, 0.1) is 11.3 Å². The van der Waals surface area contributed by atoms with E-state index < -0.39 is 0 Å². The lowest BCUT2D eigenvalue weighted by atomic mass is 10.0. The van der Waals surface area contributed by atoms with E-state index in [0.29, 0.717) is 24.7 Å². The van der Waals surface area contributed by atoms with Crippen molar-refractivity contribution in [2.45, 2.75) is 44.3 Å². The van der Waals surface area contributed by atoms with Crippen LogP contribution in [0.15, 0.2) is 12.1 Å². The zero-order valence-corrected chi connectivity index (χ0v) is 13.9. The molecule has 1 saturated heterocycles. The van der Waals surface area contributed by atoms with E-state index in [1.165, 1.54) is 0 Å². The van der Waals surface area contributed by atoms with Gasteiger partial charge in [-0.2, -0.15) is 5.26 Å². The minimum absolute atomic E-state index is 0.0129. The molecule has 0 bridgehead atoms. The first-order valence-corrected chi connectivity index (χ1v) is 8.61. The molecule has 1 unspecified atom stereocenters. The number of nitriles is 1. The fourth-order valence-electron chi connectivity index (χ4n) is 3.96. The molecule has 2 amide bonds. The highest BCUT2D eigenvalue weighted by molar-refractivity contribution is 5.95. The molecule has 0 radical (unpaired) electrons. The molecule has 1 atom stereocenters. The quantitative estimate of drug-likeness (QED) is 0.927. The Balaban J connectivity index is 1.66. The van der Waals surface area contributed by atoms with Crippen LogP contribution in [0.3, 0.4) is 0 Å². The molecule has 1 saturated carbocycles. The topological polar surface area (TPSA) is 70.8 Å². The van der Waals surface area contributed by atoms with Gasteiger partial charge in [-0.15, -0.1) is 0 Å². The highest BCUT2D eigenvalue weighted by Crippen LogP contribution is 2.42. The Morgan fingerprint density at radius 2 is 2.12 bits per heavy atom. The zero-order valence-electron chi connectivity index (χ0n) is 13.9. The molecule has 2 heterocycles. The van der Waals surface area contributed by atoms with Gasteiger partial charge in [0.25, 0.3) is 0 Å². The molecule has 4 rings (SSSR count). The summed E-state index contributed by atoms with van der Waals surface area (Å²) in [6.45, 7) is 2.20. The number of amides is 2. The molecule has 24 heavy (non-hydrogen) atoms. The number of phenolic OH excluding ortho intramolecular Hbond substituents is 1. The van der Waals surface area contributed by atoms with Gasteiger partial charge in [-0.3, -0.25) is 9.80 Å². The maximum Gasteiger partial charge on any atom is 0.324 e. The number of hydrogen-bond donors (Lipinski definition) is 1. The first kappa shape index (κ1) is 15.3. The molecule has 126 valence electrons. The van der Waals surface area contributed by atoms with Gasteiger partial charge in [-0.25, -0.2) is 4.79 Å². The fourth-order valence-corrected chi connectivity index (χ4v) is 3.96. The Kier molecular flexibility index (Phi) is 3.61. The standard InChI is InChI=1S/C18H22N4O2/c1-20-11-12-9-16(17(23)10-14(12)15(20)5-6-19)22-8-2-7-21(18(22)24)13-3-4-13/h9-10,13,15,23H,2-5,7-8,11H2,1H3. The number of carbonyl (C=O) groups is 1. The van der Waals surface area contributed by atoms with Gasteiger partial charge in [0.05, 0.1) is 18.2 Å². The van der Waals surface area contributed by atoms with E-state index in [2.05, 4.69) is 11.0 Å². The molecule has 1 aliphatic carbocycles. The maximum atomic E-state index is 12.8. The Bertz CT molecular complexity index is 722. The number of fused-ring (bicyclic) bond motifs is 1. The highest BCUT2D eigenvalue weighted by atomic mass is 16.3. The van der Waals surface area contributed by atoms with E-state index >= 15 is 0 Å². The van der Waals surface area contributed by atoms with Crippen molar-refractivity contribution in [1.82, 2.24) is 9.80 Å². The summed E-state index contributed by atoms with van der Waals surface area (Å²) in [7, 11) is 1.99. The average molecular weight is 326 g/mol. The second-order valence-corrected chi connectivity index (χ2v) is 7.05. The van der Waals surface area contributed by atoms with Crippen molar-refractivity contribution in [2.75, 3.05) is 25.0 Å². The van der Waals surface area contributed by atoms with Crippen molar-refractivity contribution in [3.8, 4) is 11.8 Å². The molecule has 0 aromatic heterocycles. The van der Waals surface area contributed by atoms with Crippen molar-refractivity contribution in [3.05, 3.63) is 23.3 Å². The first-order chi connectivity index (χ1) is 11.6. The second kappa shape index (κ2) is 5.67. The van der Waals surface area contributed by atoms with Gasteiger partial charge < -0.3 is 10.0 Å². The summed E-state index contributed by atoms with van der Waals surface area (Å²) in [5.41, 5.74) is 2.71. The van der Waals surface area contributed by atoms with Crippen LogP contribution in [0.25, 0.3) is 0 Å². The molecule has 1 aromatic rings. The number of benzene rings is 1. The SMILES string of the molecule is CN1Cc2cc(N3CCCN(C4CC4)C3=O)c(O)cc2C1CC#N. The Labute approximate surface area is 141 Å². The van der Waals surface area contributed by atoms with Crippen LogP contribution in [0.1, 0.15) is 42.9 Å². The van der Waals surface area contributed by atoms with Gasteiger partial charge in [0.2, 0.25) is 0 Å². The third-order valence-corrected chi connectivity index (χ3v) is 5.37. The van der Waals surface area contributed by atoms with E-state index in [4.69, 9.17) is 5.26 Å². The molecule has 6 nitrogen and oxygen atoms in total. The zero-order chi connectivity index (χ0) is 16.8. The Morgan fingerprint density at radius 3 is 2.83 bits per heavy atom. The molecule has 3 aliphatic rings. The predicted molar refractivity (Wildman–Crippen MR) is 89.6 cm³/mol. The van der Waals surface area contributed by atoms with E-state index in [0.717, 1.165) is 43.5 Å². The minimum atomic E-state index is 0.0129. The van der Waals surface area contributed by atoms with Crippen LogP contribution in [0.5, 0.6) is 5.75 Å². The number of anilines is 1. The number of aromatic hydroxyl groups is 1. The second-order valence-electron chi connectivity index (χ2n) is 7.05. The lowest BCUT2D eigenvalue weighted by molar-refractivity contribution is 0.192. The van der Waals surface area contributed by atoms with E-state index in [1.54, 1.807) is 11.0 Å². The molecule has 1 aromatic carbocycles. The van der Waals surface area contributed by atoms with Crippen molar-refractivity contribution >= 4 is 11.7 Å². The number of urea groups is 1. The predicted octanol–water partition coefficient (Wildman–Crippen LogP) is 2.59. The number of carbonyl (C=O) groups excluding carboxylic acids is 1. The van der Waals surface area contributed by atoms with Crippen molar-refractivity contribution in [1.29, 1.82) is 5.26 Å². The van der Waals surface area contributed by atoms with Crippen LogP contribution in [0.4, 0.5) is 10.5 Å². The smallest absolute Gasteiger partial charge is 0.324 e. The lowest BCUT2D eigenvalue weighted by Gasteiger charge is -2.36. The third kappa shape index (κ3) is 2.40.